The van der Waals surface area contributed by atoms with Crippen LogP contribution in [0.2, 0.25) is 0 Å². The van der Waals surface area contributed by atoms with E-state index in [1.54, 1.807) is 0 Å². The molecule has 0 aliphatic heterocycles. The Hall–Kier alpha value is 0.1000. The number of nitrogens with two attached hydrogens (primary N) is 1. The molecule has 0 aromatic carbocycles. The van der Waals surface area contributed by atoms with Crippen molar-refractivity contribution in [3.8, 4) is 0 Å². The van der Waals surface area contributed by atoms with E-state index < -0.39 is 25.0 Å². The van der Waals surface area contributed by atoms with Gasteiger partial charge in [-0.3, -0.25) is 9.36 Å². The molecule has 138 valence electrons. The highest BCUT2D eigenvalue weighted by atomic mass is 79.9. The lowest BCUT2D eigenvalue weighted by Crippen LogP contribution is -2.30. The molecule has 7 heteroatoms. The topological polar surface area (TPSA) is 89.6 Å². The van der Waals surface area contributed by atoms with Crippen molar-refractivity contribution in [3.05, 3.63) is 0 Å². The number of halogens is 1. The minimum Gasteiger partial charge on any atom is -0.469 e. The van der Waals surface area contributed by atoms with Crippen molar-refractivity contribution in [2.24, 2.45) is 23.5 Å². The SMILES string of the molecule is Br.COC(=O)C(CC(C)C)CP(=O)(O)C(N)CC1CCCCC1. The smallest absolute Gasteiger partial charge is 0.309 e. The van der Waals surface area contributed by atoms with Gasteiger partial charge in [0.1, 0.15) is 0 Å². The summed E-state index contributed by atoms with van der Waals surface area (Å²) < 4.78 is 17.4. The van der Waals surface area contributed by atoms with Gasteiger partial charge >= 0.3 is 5.97 Å². The van der Waals surface area contributed by atoms with Gasteiger partial charge in [0, 0.05) is 6.16 Å². The summed E-state index contributed by atoms with van der Waals surface area (Å²) in [6.07, 6.45) is 6.89. The summed E-state index contributed by atoms with van der Waals surface area (Å²) in [6.45, 7) is 3.97. The maximum absolute atomic E-state index is 12.6. The molecule has 23 heavy (non-hydrogen) atoms. The molecule has 1 rings (SSSR count). The third kappa shape index (κ3) is 8.15. The predicted octanol–water partition coefficient (Wildman–Crippen LogP) is 3.93. The molecule has 1 aliphatic carbocycles. The van der Waals surface area contributed by atoms with Crippen molar-refractivity contribution in [2.75, 3.05) is 13.3 Å². The summed E-state index contributed by atoms with van der Waals surface area (Å²) in [7, 11) is -2.23. The molecule has 0 aromatic rings. The van der Waals surface area contributed by atoms with Crippen LogP contribution in [0.15, 0.2) is 0 Å². The Labute approximate surface area is 151 Å². The quantitative estimate of drug-likeness (QED) is 0.464. The van der Waals surface area contributed by atoms with Crippen molar-refractivity contribution >= 4 is 30.3 Å². The molecule has 1 fully saturated rings. The van der Waals surface area contributed by atoms with Crippen LogP contribution in [0.4, 0.5) is 0 Å². The highest BCUT2D eigenvalue weighted by Crippen LogP contribution is 2.49. The number of hydrogen-bond donors (Lipinski definition) is 2. The van der Waals surface area contributed by atoms with Crippen LogP contribution in [0, 0.1) is 17.8 Å². The van der Waals surface area contributed by atoms with Crippen molar-refractivity contribution < 1.29 is 19.0 Å². The first-order chi connectivity index (χ1) is 10.3. The van der Waals surface area contributed by atoms with E-state index in [1.165, 1.54) is 26.4 Å². The molecule has 3 N–H and O–H groups in total. The third-order valence-electron chi connectivity index (χ3n) is 4.59. The molecular formula is C16H33BrNO4P. The number of carbonyl (C=O) groups is 1. The predicted molar refractivity (Wildman–Crippen MR) is 99.1 cm³/mol. The maximum Gasteiger partial charge on any atom is 0.309 e. The number of hydrogen-bond acceptors (Lipinski definition) is 4. The van der Waals surface area contributed by atoms with Gasteiger partial charge in [-0.05, 0) is 24.7 Å². The number of ether oxygens (including phenoxy) is 1. The van der Waals surface area contributed by atoms with E-state index in [0.717, 1.165) is 12.8 Å². The van der Waals surface area contributed by atoms with Gasteiger partial charge < -0.3 is 15.4 Å². The van der Waals surface area contributed by atoms with Gasteiger partial charge in [0.2, 0.25) is 7.37 Å². The van der Waals surface area contributed by atoms with Crippen LogP contribution in [0.25, 0.3) is 0 Å². The van der Waals surface area contributed by atoms with Gasteiger partial charge in [0.15, 0.2) is 0 Å². The molecule has 3 atom stereocenters. The summed E-state index contributed by atoms with van der Waals surface area (Å²) in [4.78, 5) is 22.2. The van der Waals surface area contributed by atoms with Gasteiger partial charge in [0.05, 0.1) is 18.8 Å². The minimum absolute atomic E-state index is 0. The van der Waals surface area contributed by atoms with E-state index in [1.807, 2.05) is 13.8 Å². The first-order valence-corrected chi connectivity index (χ1v) is 10.3. The Morgan fingerprint density at radius 3 is 2.35 bits per heavy atom. The fourth-order valence-electron chi connectivity index (χ4n) is 3.36. The summed E-state index contributed by atoms with van der Waals surface area (Å²) in [6, 6.07) is 0. The average Bonchev–Trinajstić information content (AvgIpc) is 2.46. The number of rotatable bonds is 8. The fraction of sp³-hybridized carbons (Fsp3) is 0.938. The Morgan fingerprint density at radius 1 is 1.30 bits per heavy atom. The Bertz CT molecular complexity index is 400. The number of methoxy groups -OCH3 is 1. The molecule has 0 aromatic heterocycles. The zero-order valence-electron chi connectivity index (χ0n) is 14.6. The fourth-order valence-corrected chi connectivity index (χ4v) is 5.19. The van der Waals surface area contributed by atoms with Crippen molar-refractivity contribution in [1.82, 2.24) is 0 Å². The van der Waals surface area contributed by atoms with E-state index in [4.69, 9.17) is 10.5 Å². The normalized spacial score (nSPS) is 21.1. The van der Waals surface area contributed by atoms with Crippen LogP contribution in [0.5, 0.6) is 0 Å². The van der Waals surface area contributed by atoms with E-state index in [-0.39, 0.29) is 29.1 Å². The van der Waals surface area contributed by atoms with Crippen molar-refractivity contribution in [2.45, 2.75) is 64.6 Å². The number of esters is 1. The largest absolute Gasteiger partial charge is 0.469 e. The molecule has 0 bridgehead atoms. The van der Waals surface area contributed by atoms with Gasteiger partial charge in [-0.15, -0.1) is 17.0 Å². The molecule has 0 heterocycles. The zero-order valence-corrected chi connectivity index (χ0v) is 17.2. The van der Waals surface area contributed by atoms with Gasteiger partial charge in [-0.1, -0.05) is 46.0 Å². The first-order valence-electron chi connectivity index (χ1n) is 8.41. The molecule has 0 radical (unpaired) electrons. The molecule has 3 unspecified atom stereocenters. The standard InChI is InChI=1S/C16H32NO4P.BrH/c1-12(2)9-14(16(18)21-3)11-22(19,20)15(17)10-13-7-5-4-6-8-13;/h12-15H,4-11,17H2,1-3H3,(H,19,20);1H. The van der Waals surface area contributed by atoms with Crippen LogP contribution < -0.4 is 5.73 Å². The molecule has 0 amide bonds. The van der Waals surface area contributed by atoms with Crippen LogP contribution in [-0.2, 0) is 14.1 Å². The second-order valence-electron chi connectivity index (χ2n) is 7.09. The molecule has 1 aliphatic rings. The highest BCUT2D eigenvalue weighted by Gasteiger charge is 2.36. The molecule has 0 saturated heterocycles. The van der Waals surface area contributed by atoms with E-state index in [9.17, 15) is 14.3 Å². The monoisotopic (exact) mass is 413 g/mol. The van der Waals surface area contributed by atoms with Crippen molar-refractivity contribution in [1.29, 1.82) is 0 Å². The van der Waals surface area contributed by atoms with E-state index >= 15 is 0 Å². The zero-order chi connectivity index (χ0) is 16.8. The highest BCUT2D eigenvalue weighted by molar-refractivity contribution is 8.93. The minimum atomic E-state index is -3.55. The average molecular weight is 414 g/mol. The lowest BCUT2D eigenvalue weighted by Gasteiger charge is -2.28. The summed E-state index contributed by atoms with van der Waals surface area (Å²) in [5.74, 6) is -0.967. The van der Waals surface area contributed by atoms with Crippen molar-refractivity contribution in [3.63, 3.8) is 0 Å². The molecule has 0 spiro atoms. The van der Waals surface area contributed by atoms with Crippen LogP contribution in [-0.4, -0.2) is 29.9 Å². The lowest BCUT2D eigenvalue weighted by atomic mass is 9.87. The molecule has 5 nitrogen and oxygen atoms in total. The number of carbonyl (C=O) groups excluding carboxylic acids is 1. The van der Waals surface area contributed by atoms with Crippen LogP contribution in [0.3, 0.4) is 0 Å². The third-order valence-corrected chi connectivity index (χ3v) is 6.80. The van der Waals surface area contributed by atoms with Gasteiger partial charge in [-0.2, -0.15) is 0 Å². The Kier molecular flexibility index (Phi) is 10.9. The summed E-state index contributed by atoms with van der Waals surface area (Å²) in [5, 5.41) is 0. The van der Waals surface area contributed by atoms with E-state index in [0.29, 0.717) is 18.8 Å². The van der Waals surface area contributed by atoms with Crippen LogP contribution >= 0.6 is 24.4 Å². The lowest BCUT2D eigenvalue weighted by molar-refractivity contribution is -0.145. The van der Waals surface area contributed by atoms with Crippen LogP contribution in [0.1, 0.15) is 58.8 Å². The Morgan fingerprint density at radius 2 is 1.87 bits per heavy atom. The Balaban J connectivity index is 0.00000484. The molecule has 1 saturated carbocycles. The first kappa shape index (κ1) is 23.1. The summed E-state index contributed by atoms with van der Waals surface area (Å²) in [5.41, 5.74) is 6.04. The van der Waals surface area contributed by atoms with Gasteiger partial charge in [-0.25, -0.2) is 0 Å². The van der Waals surface area contributed by atoms with E-state index in [2.05, 4.69) is 0 Å². The molecular weight excluding hydrogens is 381 g/mol. The maximum atomic E-state index is 12.6. The second-order valence-corrected chi connectivity index (χ2v) is 9.63. The second kappa shape index (κ2) is 10.9. The van der Waals surface area contributed by atoms with Gasteiger partial charge in [0.25, 0.3) is 0 Å². The summed E-state index contributed by atoms with van der Waals surface area (Å²) >= 11 is 0.